The van der Waals surface area contributed by atoms with Crippen LogP contribution in [0.2, 0.25) is 0 Å². The van der Waals surface area contributed by atoms with Crippen molar-refractivity contribution in [2.45, 2.75) is 19.6 Å². The minimum Gasteiger partial charge on any atom is -0.508 e. The number of ether oxygens (including phenoxy) is 3. The predicted octanol–water partition coefficient (Wildman–Crippen LogP) is 3.65. The van der Waals surface area contributed by atoms with Crippen molar-refractivity contribution in [3.63, 3.8) is 0 Å². The Balaban J connectivity index is 1.31. The number of hydrogen-bond acceptors (Lipinski definition) is 6. The molecule has 1 heterocycles. The van der Waals surface area contributed by atoms with E-state index in [1.165, 1.54) is 6.92 Å². The molecule has 0 saturated carbocycles. The smallest absolute Gasteiger partial charge is 0.338 e. The van der Waals surface area contributed by atoms with Crippen molar-refractivity contribution in [2.24, 2.45) is 0 Å². The molecule has 1 aliphatic rings. The molecule has 3 aromatic rings. The van der Waals surface area contributed by atoms with Gasteiger partial charge in [-0.05, 0) is 60.0 Å². The summed E-state index contributed by atoms with van der Waals surface area (Å²) in [5, 5.41) is 12.1. The first-order valence-corrected chi connectivity index (χ1v) is 9.76. The second-order valence-electron chi connectivity index (χ2n) is 7.08. The largest absolute Gasteiger partial charge is 0.508 e. The normalized spacial score (nSPS) is 12.8. The average molecular weight is 419 g/mol. The van der Waals surface area contributed by atoms with Gasteiger partial charge >= 0.3 is 5.97 Å². The summed E-state index contributed by atoms with van der Waals surface area (Å²) in [6.07, 6.45) is -0.946. The lowest BCUT2D eigenvalue weighted by Gasteiger charge is -2.14. The van der Waals surface area contributed by atoms with Crippen molar-refractivity contribution >= 4 is 11.9 Å². The Kier molecular flexibility index (Phi) is 5.75. The van der Waals surface area contributed by atoms with Gasteiger partial charge in [-0.2, -0.15) is 0 Å². The summed E-state index contributed by atoms with van der Waals surface area (Å²) >= 11 is 0. The van der Waals surface area contributed by atoms with E-state index >= 15 is 0 Å². The summed E-state index contributed by atoms with van der Waals surface area (Å²) in [6.45, 7) is 1.99. The van der Waals surface area contributed by atoms with Crippen molar-refractivity contribution in [1.29, 1.82) is 0 Å². The highest BCUT2D eigenvalue weighted by Crippen LogP contribution is 2.32. The van der Waals surface area contributed by atoms with Crippen LogP contribution in [0.5, 0.6) is 17.2 Å². The number of carbonyl (C=O) groups excluding carboxylic acids is 2. The van der Waals surface area contributed by atoms with Crippen molar-refractivity contribution in [1.82, 2.24) is 5.32 Å². The lowest BCUT2D eigenvalue weighted by atomic mass is 10.0. The number of esters is 1. The van der Waals surface area contributed by atoms with Crippen LogP contribution in [0, 0.1) is 0 Å². The van der Waals surface area contributed by atoms with Gasteiger partial charge in [0.15, 0.2) is 17.6 Å². The van der Waals surface area contributed by atoms with Gasteiger partial charge in [-0.25, -0.2) is 4.79 Å². The van der Waals surface area contributed by atoms with Crippen LogP contribution < -0.4 is 14.8 Å². The Morgan fingerprint density at radius 3 is 2.32 bits per heavy atom. The molecule has 3 aromatic carbocycles. The molecule has 0 saturated heterocycles. The number of fused-ring (bicyclic) bond motifs is 1. The maximum Gasteiger partial charge on any atom is 0.338 e. The second-order valence-corrected chi connectivity index (χ2v) is 7.08. The molecule has 31 heavy (non-hydrogen) atoms. The molecule has 0 unspecified atom stereocenters. The van der Waals surface area contributed by atoms with E-state index in [4.69, 9.17) is 14.2 Å². The summed E-state index contributed by atoms with van der Waals surface area (Å²) < 4.78 is 15.9. The van der Waals surface area contributed by atoms with Crippen LogP contribution in [0.4, 0.5) is 0 Å². The van der Waals surface area contributed by atoms with Crippen molar-refractivity contribution in [3.05, 3.63) is 77.9 Å². The summed E-state index contributed by atoms with van der Waals surface area (Å²) in [5.41, 5.74) is 3.00. The van der Waals surface area contributed by atoms with Gasteiger partial charge in [0.1, 0.15) is 5.75 Å². The van der Waals surface area contributed by atoms with E-state index in [1.807, 2.05) is 6.07 Å². The van der Waals surface area contributed by atoms with Crippen molar-refractivity contribution < 1.29 is 28.9 Å². The number of amides is 1. The Morgan fingerprint density at radius 2 is 1.61 bits per heavy atom. The third-order valence-electron chi connectivity index (χ3n) is 4.88. The Bertz CT molecular complexity index is 1090. The van der Waals surface area contributed by atoms with Gasteiger partial charge in [-0.15, -0.1) is 0 Å². The molecular formula is C24H21NO6. The summed E-state index contributed by atoms with van der Waals surface area (Å²) in [5.74, 6) is 0.528. The molecule has 1 amide bonds. The number of phenolic OH excluding ortho intramolecular Hbond substituents is 1. The summed E-state index contributed by atoms with van der Waals surface area (Å²) in [6, 6.07) is 19.0. The molecule has 7 heteroatoms. The zero-order chi connectivity index (χ0) is 21.8. The number of phenols is 1. The molecule has 0 spiro atoms. The molecule has 1 aliphatic heterocycles. The van der Waals surface area contributed by atoms with Crippen molar-refractivity contribution in [3.8, 4) is 28.4 Å². The first kappa shape index (κ1) is 20.3. The molecule has 0 fully saturated rings. The summed E-state index contributed by atoms with van der Waals surface area (Å²) in [7, 11) is 0. The zero-order valence-electron chi connectivity index (χ0n) is 16.8. The number of hydrogen-bond donors (Lipinski definition) is 2. The van der Waals surface area contributed by atoms with E-state index in [0.29, 0.717) is 17.1 Å². The SMILES string of the molecule is C[C@@H](OC(=O)c1ccc(-c2ccc(O)cc2)cc1)C(=O)NCc1ccc2c(c1)OCO2. The molecule has 1 atom stereocenters. The monoisotopic (exact) mass is 419 g/mol. The Hall–Kier alpha value is -4.00. The highest BCUT2D eigenvalue weighted by molar-refractivity contribution is 5.92. The fraction of sp³-hybridized carbons (Fsp3) is 0.167. The van der Waals surface area contributed by atoms with E-state index in [0.717, 1.165) is 16.7 Å². The van der Waals surface area contributed by atoms with E-state index in [1.54, 1.807) is 60.7 Å². The van der Waals surface area contributed by atoms with Gasteiger partial charge in [0.25, 0.3) is 5.91 Å². The Morgan fingerprint density at radius 1 is 0.968 bits per heavy atom. The standard InChI is InChI=1S/C24H21NO6/c1-15(23(27)25-13-16-2-11-21-22(12-16)30-14-29-21)31-24(28)19-5-3-17(4-6-19)18-7-9-20(26)10-8-18/h2-12,15,26H,13-14H2,1H3,(H,25,27)/t15-/m1/s1. The third kappa shape index (κ3) is 4.78. The molecule has 158 valence electrons. The maximum atomic E-state index is 12.4. The van der Waals surface area contributed by atoms with Gasteiger partial charge < -0.3 is 24.6 Å². The third-order valence-corrected chi connectivity index (χ3v) is 4.88. The number of rotatable bonds is 6. The van der Waals surface area contributed by atoms with E-state index in [-0.39, 0.29) is 19.1 Å². The maximum absolute atomic E-state index is 12.4. The van der Waals surface area contributed by atoms with Gasteiger partial charge in [0.2, 0.25) is 6.79 Å². The fourth-order valence-corrected chi connectivity index (χ4v) is 3.12. The van der Waals surface area contributed by atoms with Crippen LogP contribution >= 0.6 is 0 Å². The van der Waals surface area contributed by atoms with E-state index < -0.39 is 18.0 Å². The minimum absolute atomic E-state index is 0.189. The van der Waals surface area contributed by atoms with Crippen LogP contribution in [0.1, 0.15) is 22.8 Å². The molecule has 0 aliphatic carbocycles. The molecule has 0 radical (unpaired) electrons. The zero-order valence-corrected chi connectivity index (χ0v) is 16.8. The number of aromatic hydroxyl groups is 1. The lowest BCUT2D eigenvalue weighted by Crippen LogP contribution is -2.35. The number of benzene rings is 3. The lowest BCUT2D eigenvalue weighted by molar-refractivity contribution is -0.129. The van der Waals surface area contributed by atoms with E-state index in [2.05, 4.69) is 5.32 Å². The van der Waals surface area contributed by atoms with Gasteiger partial charge in [0, 0.05) is 6.54 Å². The quantitative estimate of drug-likeness (QED) is 0.593. The molecule has 2 N–H and O–H groups in total. The molecule has 7 nitrogen and oxygen atoms in total. The number of nitrogens with one attached hydrogen (secondary N) is 1. The highest BCUT2D eigenvalue weighted by Gasteiger charge is 2.19. The van der Waals surface area contributed by atoms with Crippen LogP contribution in [0.25, 0.3) is 11.1 Å². The minimum atomic E-state index is -0.946. The molecule has 0 bridgehead atoms. The van der Waals surface area contributed by atoms with Gasteiger partial charge in [0.05, 0.1) is 5.56 Å². The molecular weight excluding hydrogens is 398 g/mol. The van der Waals surface area contributed by atoms with Gasteiger partial charge in [-0.1, -0.05) is 30.3 Å². The van der Waals surface area contributed by atoms with Crippen LogP contribution in [0.3, 0.4) is 0 Å². The van der Waals surface area contributed by atoms with Gasteiger partial charge in [-0.3, -0.25) is 4.79 Å². The van der Waals surface area contributed by atoms with Crippen molar-refractivity contribution in [2.75, 3.05) is 6.79 Å². The topological polar surface area (TPSA) is 94.1 Å². The highest BCUT2D eigenvalue weighted by atomic mass is 16.7. The Labute approximate surface area is 179 Å². The number of carbonyl (C=O) groups is 2. The van der Waals surface area contributed by atoms with Crippen LogP contribution in [0.15, 0.2) is 66.7 Å². The predicted molar refractivity (Wildman–Crippen MR) is 113 cm³/mol. The second kappa shape index (κ2) is 8.79. The van der Waals surface area contributed by atoms with Crippen LogP contribution in [-0.4, -0.2) is 29.9 Å². The van der Waals surface area contributed by atoms with Crippen LogP contribution in [-0.2, 0) is 16.1 Å². The van der Waals surface area contributed by atoms with E-state index in [9.17, 15) is 14.7 Å². The molecule has 0 aromatic heterocycles. The average Bonchev–Trinajstić information content (AvgIpc) is 3.26. The molecule has 4 rings (SSSR count). The first-order chi connectivity index (χ1) is 15.0. The first-order valence-electron chi connectivity index (χ1n) is 9.76. The summed E-state index contributed by atoms with van der Waals surface area (Å²) in [4.78, 5) is 24.7. The fourth-order valence-electron chi connectivity index (χ4n) is 3.12.